The zero-order valence-electron chi connectivity index (χ0n) is 3.89. The van der Waals surface area contributed by atoms with Crippen LogP contribution in [0.4, 0.5) is 0 Å². The topological polar surface area (TPSA) is 62.2 Å². The highest BCUT2D eigenvalue weighted by Gasteiger charge is 1.68. The van der Waals surface area contributed by atoms with Gasteiger partial charge in [0.25, 0.3) is 0 Å². The lowest BCUT2D eigenvalue weighted by Gasteiger charge is -1.76. The van der Waals surface area contributed by atoms with Gasteiger partial charge in [0.05, 0.1) is 0 Å². The fourth-order valence-electron chi connectivity index (χ4n) is 0.133. The number of nitrogens with two attached hydrogens (primary N) is 1. The Labute approximate surface area is 42.1 Å². The zero-order valence-corrected chi connectivity index (χ0v) is 3.89. The molecule has 0 aromatic rings. The molecule has 0 heterocycles. The van der Waals surface area contributed by atoms with Crippen LogP contribution in [-0.4, -0.2) is 12.6 Å². The number of amidine groups is 1. The number of rotatable bonds is 2. The summed E-state index contributed by atoms with van der Waals surface area (Å²) in [5.74, 6) is -0.00704. The second kappa shape index (κ2) is 3.08. The average Bonchev–Trinajstić information content (AvgIpc) is 1.61. The van der Waals surface area contributed by atoms with E-state index in [1.807, 2.05) is 0 Å². The third-order valence-corrected chi connectivity index (χ3v) is 0.360. The van der Waals surface area contributed by atoms with Gasteiger partial charge in [0.15, 0.2) is 0 Å². The molecule has 0 fully saturated rings. The number of hydrogen-bond acceptors (Lipinski definition) is 2. The van der Waals surface area contributed by atoms with Crippen molar-refractivity contribution < 1.29 is 0 Å². The Morgan fingerprint density at radius 3 is 2.57 bits per heavy atom. The Balaban J connectivity index is 3.46. The van der Waals surface area contributed by atoms with Crippen molar-refractivity contribution in [2.24, 2.45) is 10.7 Å². The SMILES string of the molecule is C=NC=CC(=N)N. The van der Waals surface area contributed by atoms with Crippen LogP contribution in [0.25, 0.3) is 0 Å². The predicted octanol–water partition coefficient (Wildman–Crippen LogP) is 0.137. The maximum absolute atomic E-state index is 6.60. The molecule has 0 amide bonds. The first-order valence-corrected chi connectivity index (χ1v) is 1.74. The van der Waals surface area contributed by atoms with E-state index in [1.54, 1.807) is 0 Å². The van der Waals surface area contributed by atoms with Crippen LogP contribution in [-0.2, 0) is 0 Å². The minimum absolute atomic E-state index is 0.00704. The van der Waals surface area contributed by atoms with Crippen molar-refractivity contribution in [2.45, 2.75) is 0 Å². The van der Waals surface area contributed by atoms with Crippen LogP contribution in [0.2, 0.25) is 0 Å². The van der Waals surface area contributed by atoms with Gasteiger partial charge in [-0.05, 0) is 12.8 Å². The fourth-order valence-corrected chi connectivity index (χ4v) is 0.133. The molecule has 38 valence electrons. The predicted molar refractivity (Wildman–Crippen MR) is 30.6 cm³/mol. The summed E-state index contributed by atoms with van der Waals surface area (Å²) in [7, 11) is 0. The van der Waals surface area contributed by atoms with Crippen LogP contribution in [0.3, 0.4) is 0 Å². The minimum atomic E-state index is -0.00704. The van der Waals surface area contributed by atoms with E-state index in [9.17, 15) is 0 Å². The first-order chi connectivity index (χ1) is 3.27. The van der Waals surface area contributed by atoms with Gasteiger partial charge in [-0.3, -0.25) is 10.4 Å². The van der Waals surface area contributed by atoms with Crippen LogP contribution in [0, 0.1) is 5.41 Å². The summed E-state index contributed by atoms with van der Waals surface area (Å²) >= 11 is 0. The van der Waals surface area contributed by atoms with Crippen LogP contribution < -0.4 is 5.73 Å². The van der Waals surface area contributed by atoms with Gasteiger partial charge in [0, 0.05) is 6.20 Å². The smallest absolute Gasteiger partial charge is 0.116 e. The summed E-state index contributed by atoms with van der Waals surface area (Å²) in [5.41, 5.74) is 4.89. The Morgan fingerprint density at radius 1 is 1.86 bits per heavy atom. The summed E-state index contributed by atoms with van der Waals surface area (Å²) < 4.78 is 0. The van der Waals surface area contributed by atoms with E-state index < -0.39 is 0 Å². The van der Waals surface area contributed by atoms with Crippen molar-refractivity contribution in [3.8, 4) is 0 Å². The van der Waals surface area contributed by atoms with Gasteiger partial charge in [-0.2, -0.15) is 0 Å². The molecule has 0 bridgehead atoms. The summed E-state index contributed by atoms with van der Waals surface area (Å²) in [6.45, 7) is 3.14. The van der Waals surface area contributed by atoms with E-state index >= 15 is 0 Å². The van der Waals surface area contributed by atoms with Gasteiger partial charge in [0.1, 0.15) is 5.84 Å². The molecule has 0 spiro atoms. The molecule has 0 unspecified atom stereocenters. The molecule has 0 saturated carbocycles. The summed E-state index contributed by atoms with van der Waals surface area (Å²) in [6.07, 6.45) is 2.72. The standard InChI is InChI=1S/C4H7N3/c1-7-3-2-4(5)6/h2-3H,1H2,(H3,5,6). The number of hydrogen-bond donors (Lipinski definition) is 2. The molecule has 0 atom stereocenters. The normalized spacial score (nSPS) is 9.14. The molecule has 0 aromatic heterocycles. The van der Waals surface area contributed by atoms with E-state index in [4.69, 9.17) is 11.1 Å². The van der Waals surface area contributed by atoms with Crippen molar-refractivity contribution in [1.82, 2.24) is 0 Å². The average molecular weight is 97.1 g/mol. The molecule has 0 aliphatic heterocycles. The molecule has 0 radical (unpaired) electrons. The highest BCUT2D eigenvalue weighted by molar-refractivity contribution is 5.88. The number of nitrogens with zero attached hydrogens (tertiary/aromatic N) is 1. The van der Waals surface area contributed by atoms with Gasteiger partial charge in [0.2, 0.25) is 0 Å². The van der Waals surface area contributed by atoms with Crippen LogP contribution >= 0.6 is 0 Å². The number of aliphatic imine (C=N–C) groups is 1. The molecule has 3 nitrogen and oxygen atoms in total. The Morgan fingerprint density at radius 2 is 2.43 bits per heavy atom. The van der Waals surface area contributed by atoms with E-state index in [0.29, 0.717) is 0 Å². The van der Waals surface area contributed by atoms with Crippen molar-refractivity contribution in [3.05, 3.63) is 12.3 Å². The zero-order chi connectivity index (χ0) is 5.70. The lowest BCUT2D eigenvalue weighted by molar-refractivity contribution is 1.45. The first-order valence-electron chi connectivity index (χ1n) is 1.74. The monoisotopic (exact) mass is 97.1 g/mol. The van der Waals surface area contributed by atoms with Crippen LogP contribution in [0.5, 0.6) is 0 Å². The molecule has 7 heavy (non-hydrogen) atoms. The molecule has 0 aliphatic carbocycles. The summed E-state index contributed by atoms with van der Waals surface area (Å²) in [5, 5.41) is 6.60. The molecule has 0 aliphatic rings. The lowest BCUT2D eigenvalue weighted by atomic mass is 10.6. The van der Waals surface area contributed by atoms with Crippen molar-refractivity contribution in [1.29, 1.82) is 5.41 Å². The minimum Gasteiger partial charge on any atom is -0.384 e. The Hall–Kier alpha value is -1.12. The van der Waals surface area contributed by atoms with Gasteiger partial charge in [-0.1, -0.05) is 0 Å². The number of nitrogens with one attached hydrogen (secondary N) is 1. The maximum atomic E-state index is 6.60. The van der Waals surface area contributed by atoms with Crippen LogP contribution in [0.1, 0.15) is 0 Å². The molecular formula is C4H7N3. The van der Waals surface area contributed by atoms with E-state index in [0.717, 1.165) is 0 Å². The Kier molecular flexibility index (Phi) is 2.59. The lowest BCUT2D eigenvalue weighted by Crippen LogP contribution is -2.03. The third kappa shape index (κ3) is 4.88. The molecular weight excluding hydrogens is 90.1 g/mol. The van der Waals surface area contributed by atoms with E-state index in [-0.39, 0.29) is 5.84 Å². The highest BCUT2D eigenvalue weighted by Crippen LogP contribution is 1.67. The van der Waals surface area contributed by atoms with Gasteiger partial charge in [-0.25, -0.2) is 0 Å². The fraction of sp³-hybridized carbons (Fsp3) is 0. The molecule has 3 N–H and O–H groups in total. The van der Waals surface area contributed by atoms with Gasteiger partial charge < -0.3 is 5.73 Å². The van der Waals surface area contributed by atoms with Crippen molar-refractivity contribution >= 4 is 12.6 Å². The maximum Gasteiger partial charge on any atom is 0.116 e. The van der Waals surface area contributed by atoms with Crippen molar-refractivity contribution in [2.75, 3.05) is 0 Å². The molecule has 0 aromatic carbocycles. The molecule has 3 heteroatoms. The van der Waals surface area contributed by atoms with Gasteiger partial charge in [-0.15, -0.1) is 0 Å². The molecule has 0 rings (SSSR count). The largest absolute Gasteiger partial charge is 0.384 e. The van der Waals surface area contributed by atoms with Gasteiger partial charge >= 0.3 is 0 Å². The van der Waals surface area contributed by atoms with E-state index in [2.05, 4.69) is 11.7 Å². The Bertz CT molecular complexity index is 104. The molecule has 0 saturated heterocycles. The van der Waals surface area contributed by atoms with Crippen molar-refractivity contribution in [3.63, 3.8) is 0 Å². The second-order valence-corrected chi connectivity index (χ2v) is 0.954. The summed E-state index contributed by atoms with van der Waals surface area (Å²) in [6, 6.07) is 0. The van der Waals surface area contributed by atoms with E-state index in [1.165, 1.54) is 12.3 Å². The third-order valence-electron chi connectivity index (χ3n) is 0.360. The highest BCUT2D eigenvalue weighted by atomic mass is 14.7. The summed E-state index contributed by atoms with van der Waals surface area (Å²) in [4.78, 5) is 3.32. The second-order valence-electron chi connectivity index (χ2n) is 0.954. The quantitative estimate of drug-likeness (QED) is 0.373. The first kappa shape index (κ1) is 5.88. The van der Waals surface area contributed by atoms with Crippen LogP contribution in [0.15, 0.2) is 17.3 Å².